The number of amides is 2. The standard InChI is InChI=1S/C41H55N5O7S2/c1-26(2)54(49,50)45-23-27-11-12-28(24-45)22-44(21-27)40(48)41-20-32(41)17-31-18-33(53-5)14-16-34(31)38-37(29-9-7-6-8-10-29)35-15-13-30(19-36(35)46(38)25-41)39(47)42-55(51,52)43(3)4/h13-16,18-19,26-29,32H,6-12,17,20-25H2,1-5H3,(H,42,47)/t27-,28+,32-,41+/m1/s1. The van der Waals surface area contributed by atoms with Crippen molar-refractivity contribution < 1.29 is 31.2 Å². The number of aromatic nitrogens is 1. The number of methoxy groups -OCH3 is 1. The van der Waals surface area contributed by atoms with Crippen molar-refractivity contribution in [3.05, 3.63) is 53.1 Å². The summed E-state index contributed by atoms with van der Waals surface area (Å²) >= 11 is 0. The molecular formula is C41H55N5O7S2. The first kappa shape index (κ1) is 38.4. The van der Waals surface area contributed by atoms with Crippen molar-refractivity contribution in [2.75, 3.05) is 47.4 Å². The second-order valence-electron chi connectivity index (χ2n) is 17.3. The Labute approximate surface area is 325 Å². The summed E-state index contributed by atoms with van der Waals surface area (Å²) in [6.07, 6.45) is 8.81. The quantitative estimate of drug-likeness (QED) is 0.324. The number of nitrogens with zero attached hydrogens (tertiary/aromatic N) is 4. The van der Waals surface area contributed by atoms with Crippen LogP contribution in [-0.4, -0.2) is 99.4 Å². The van der Waals surface area contributed by atoms with E-state index in [2.05, 4.69) is 26.3 Å². The molecule has 2 amide bonds. The zero-order chi connectivity index (χ0) is 39.0. The fraction of sp³-hybridized carbons (Fsp3) is 0.610. The average molecular weight is 794 g/mol. The fourth-order valence-electron chi connectivity index (χ4n) is 10.1. The predicted molar refractivity (Wildman–Crippen MR) is 212 cm³/mol. The second kappa shape index (κ2) is 14.2. The number of carbonyl (C=O) groups excluding carboxylic acids is 2. The van der Waals surface area contributed by atoms with Gasteiger partial charge in [0.05, 0.1) is 23.5 Å². The van der Waals surface area contributed by atoms with E-state index in [1.807, 2.05) is 18.2 Å². The third-order valence-electron chi connectivity index (χ3n) is 13.3. The Kier molecular flexibility index (Phi) is 9.90. The van der Waals surface area contributed by atoms with Crippen molar-refractivity contribution in [1.29, 1.82) is 0 Å². The van der Waals surface area contributed by atoms with Crippen LogP contribution in [0.4, 0.5) is 0 Å². The fourth-order valence-corrected chi connectivity index (χ4v) is 12.1. The van der Waals surface area contributed by atoms with Crippen LogP contribution in [0.2, 0.25) is 0 Å². The van der Waals surface area contributed by atoms with Crippen LogP contribution in [0.1, 0.15) is 92.6 Å². The van der Waals surface area contributed by atoms with Gasteiger partial charge in [-0.2, -0.15) is 12.7 Å². The number of carbonyl (C=O) groups is 2. The van der Waals surface area contributed by atoms with Crippen molar-refractivity contribution in [3.63, 3.8) is 0 Å². The zero-order valence-electron chi connectivity index (χ0n) is 32.7. The molecule has 2 aromatic carbocycles. The highest BCUT2D eigenvalue weighted by Crippen LogP contribution is 2.60. The van der Waals surface area contributed by atoms with E-state index in [4.69, 9.17) is 4.74 Å². The lowest BCUT2D eigenvalue weighted by Crippen LogP contribution is -2.50. The summed E-state index contributed by atoms with van der Waals surface area (Å²) in [5.41, 5.74) is 4.96. The second-order valence-corrected chi connectivity index (χ2v) is 21.7. The van der Waals surface area contributed by atoms with Crippen molar-refractivity contribution >= 4 is 42.9 Å². The van der Waals surface area contributed by atoms with E-state index < -0.39 is 36.8 Å². The molecule has 1 N–H and O–H groups in total. The highest BCUT2D eigenvalue weighted by Gasteiger charge is 2.62. The molecule has 0 radical (unpaired) electrons. The number of rotatable bonds is 8. The number of nitrogens with one attached hydrogen (secondary N) is 1. The highest BCUT2D eigenvalue weighted by molar-refractivity contribution is 7.89. The summed E-state index contributed by atoms with van der Waals surface area (Å²) in [6.45, 7) is 5.87. The van der Waals surface area contributed by atoms with Crippen molar-refractivity contribution in [1.82, 2.24) is 22.8 Å². The lowest BCUT2D eigenvalue weighted by molar-refractivity contribution is -0.139. The maximum absolute atomic E-state index is 15.3. The highest BCUT2D eigenvalue weighted by atomic mass is 32.2. The van der Waals surface area contributed by atoms with Crippen LogP contribution >= 0.6 is 0 Å². The van der Waals surface area contributed by atoms with Crippen LogP contribution < -0.4 is 9.46 Å². The normalized spacial score (nSPS) is 26.1. The third kappa shape index (κ3) is 6.78. The van der Waals surface area contributed by atoms with Crippen molar-refractivity contribution in [3.8, 4) is 17.0 Å². The average Bonchev–Trinajstić information content (AvgIpc) is 3.84. The molecule has 12 nitrogen and oxygen atoms in total. The van der Waals surface area contributed by atoms with Crippen LogP contribution in [0.5, 0.6) is 5.75 Å². The Morgan fingerprint density at radius 1 is 0.909 bits per heavy atom. The molecule has 4 heterocycles. The number of ether oxygens (including phenoxy) is 1. The Hall–Kier alpha value is -3.46. The third-order valence-corrected chi connectivity index (χ3v) is 16.9. The molecule has 14 heteroatoms. The Morgan fingerprint density at radius 2 is 1.60 bits per heavy atom. The molecule has 55 heavy (non-hydrogen) atoms. The smallest absolute Gasteiger partial charge is 0.303 e. The summed E-state index contributed by atoms with van der Waals surface area (Å²) in [4.78, 5) is 30.9. The molecule has 3 aliphatic heterocycles. The van der Waals surface area contributed by atoms with Crippen molar-refractivity contribution in [2.24, 2.45) is 23.2 Å². The van der Waals surface area contributed by atoms with Gasteiger partial charge in [-0.1, -0.05) is 25.3 Å². The first-order chi connectivity index (χ1) is 26.1. The molecule has 3 aromatic rings. The lowest BCUT2D eigenvalue weighted by atomic mass is 9.80. The number of sulfonamides is 1. The van der Waals surface area contributed by atoms with Gasteiger partial charge in [0.15, 0.2) is 0 Å². The monoisotopic (exact) mass is 793 g/mol. The molecule has 8 rings (SSSR count). The Bertz CT molecular complexity index is 2230. The molecule has 2 saturated heterocycles. The maximum Gasteiger partial charge on any atom is 0.303 e. The summed E-state index contributed by atoms with van der Waals surface area (Å²) in [7, 11) is -3.00. The Balaban J connectivity index is 1.24. The van der Waals surface area contributed by atoms with E-state index in [1.165, 1.54) is 26.1 Å². The van der Waals surface area contributed by atoms with E-state index >= 15 is 4.79 Å². The molecule has 1 aromatic heterocycles. The first-order valence-corrected chi connectivity index (χ1v) is 22.9. The van der Waals surface area contributed by atoms with Crippen LogP contribution in [-0.2, 0) is 38.0 Å². The zero-order valence-corrected chi connectivity index (χ0v) is 34.3. The van der Waals surface area contributed by atoms with E-state index in [9.17, 15) is 21.6 Å². The van der Waals surface area contributed by atoms with Crippen LogP contribution in [0.3, 0.4) is 0 Å². The summed E-state index contributed by atoms with van der Waals surface area (Å²) < 4.78 is 64.9. The molecule has 298 valence electrons. The molecule has 4 atom stereocenters. The molecule has 4 fully saturated rings. The number of likely N-dealkylation sites (tertiary alicyclic amines) is 1. The molecule has 2 bridgehead atoms. The van der Waals surface area contributed by atoms with Crippen molar-refractivity contribution in [2.45, 2.75) is 89.3 Å². The molecule has 2 saturated carbocycles. The number of hydrogen-bond donors (Lipinski definition) is 1. The summed E-state index contributed by atoms with van der Waals surface area (Å²) in [6, 6.07) is 11.8. The van der Waals surface area contributed by atoms with Gasteiger partial charge in [-0.15, -0.1) is 0 Å². The summed E-state index contributed by atoms with van der Waals surface area (Å²) in [5.74, 6) is 0.718. The summed E-state index contributed by atoms with van der Waals surface area (Å²) in [5, 5.41) is 0.549. The number of fused-ring (bicyclic) bond motifs is 9. The molecular weight excluding hydrogens is 739 g/mol. The SMILES string of the molecule is COc1ccc2c(c1)C[C@@H]1C[C@]1(C(=O)N1C[C@H]3CC[C@@H](C1)CN(S(=O)(=O)C(C)C)C3)Cn1c-2c(C2CCCCC2)c2ccc(C(=O)NS(=O)(=O)N(C)C)cc21. The van der Waals surface area contributed by atoms with Gasteiger partial charge >= 0.3 is 10.2 Å². The molecule has 0 spiro atoms. The van der Waals surface area contributed by atoms with E-state index in [0.29, 0.717) is 38.6 Å². The predicted octanol–water partition coefficient (Wildman–Crippen LogP) is 5.37. The van der Waals surface area contributed by atoms with Crippen LogP contribution in [0.15, 0.2) is 36.4 Å². The van der Waals surface area contributed by atoms with Gasteiger partial charge < -0.3 is 14.2 Å². The Morgan fingerprint density at radius 3 is 2.24 bits per heavy atom. The van der Waals surface area contributed by atoms with Gasteiger partial charge in [-0.05, 0) is 118 Å². The van der Waals surface area contributed by atoms with Gasteiger partial charge in [0.1, 0.15) is 5.75 Å². The van der Waals surface area contributed by atoms with Gasteiger partial charge in [0, 0.05) is 68.8 Å². The maximum atomic E-state index is 15.3. The van der Waals surface area contributed by atoms with Gasteiger partial charge in [0.2, 0.25) is 15.9 Å². The van der Waals surface area contributed by atoms with Crippen LogP contribution in [0.25, 0.3) is 22.2 Å². The minimum atomic E-state index is -4.02. The van der Waals surface area contributed by atoms with E-state index in [0.717, 1.165) is 89.1 Å². The van der Waals surface area contributed by atoms with Gasteiger partial charge in [0.25, 0.3) is 5.91 Å². The minimum absolute atomic E-state index is 0.0671. The molecule has 0 unspecified atom stereocenters. The van der Waals surface area contributed by atoms with Crippen LogP contribution in [0, 0.1) is 23.2 Å². The first-order valence-electron chi connectivity index (χ1n) is 20.0. The van der Waals surface area contributed by atoms with Gasteiger partial charge in [-0.25, -0.2) is 17.4 Å². The van der Waals surface area contributed by atoms with Gasteiger partial charge in [-0.3, -0.25) is 9.59 Å². The lowest BCUT2D eigenvalue weighted by Gasteiger charge is -2.37. The minimum Gasteiger partial charge on any atom is -0.497 e. The van der Waals surface area contributed by atoms with E-state index in [-0.39, 0.29) is 29.2 Å². The topological polar surface area (TPSA) is 138 Å². The molecule has 5 aliphatic rings. The molecule has 2 aliphatic carbocycles. The van der Waals surface area contributed by atoms with E-state index in [1.54, 1.807) is 31.3 Å². The largest absolute Gasteiger partial charge is 0.497 e. The number of hydrogen-bond acceptors (Lipinski definition) is 7. The number of benzene rings is 2.